The number of nitrogens with one attached hydrogen (secondary N) is 1. The van der Waals surface area contributed by atoms with Gasteiger partial charge in [-0.3, -0.25) is 0 Å². The highest BCUT2D eigenvalue weighted by Crippen LogP contribution is 2.15. The van der Waals surface area contributed by atoms with Gasteiger partial charge in [0, 0.05) is 12.6 Å². The number of aromatic nitrogens is 1. The van der Waals surface area contributed by atoms with E-state index in [1.165, 1.54) is 0 Å². The lowest BCUT2D eigenvalue weighted by molar-refractivity contribution is 0.267. The molecular formula is C11H17ClN2O. The Bertz CT molecular complexity index is 304. The van der Waals surface area contributed by atoms with Gasteiger partial charge < -0.3 is 10.4 Å². The number of anilines is 1. The molecule has 0 fully saturated rings. The van der Waals surface area contributed by atoms with E-state index in [0.29, 0.717) is 17.5 Å². The zero-order chi connectivity index (χ0) is 11.3. The molecule has 3 nitrogen and oxygen atoms in total. The Labute approximate surface area is 95.5 Å². The van der Waals surface area contributed by atoms with E-state index in [1.807, 2.05) is 12.1 Å². The van der Waals surface area contributed by atoms with Gasteiger partial charge in [-0.25, -0.2) is 4.98 Å². The van der Waals surface area contributed by atoms with Crippen LogP contribution in [0.5, 0.6) is 0 Å². The van der Waals surface area contributed by atoms with Crippen molar-refractivity contribution in [2.75, 3.05) is 11.9 Å². The van der Waals surface area contributed by atoms with Crippen LogP contribution in [0, 0.1) is 5.92 Å². The van der Waals surface area contributed by atoms with Gasteiger partial charge in [0.2, 0.25) is 0 Å². The van der Waals surface area contributed by atoms with Crippen molar-refractivity contribution < 1.29 is 5.11 Å². The van der Waals surface area contributed by atoms with Crippen molar-refractivity contribution in [2.45, 2.75) is 26.3 Å². The minimum atomic E-state index is 0.177. The number of aliphatic hydroxyl groups is 1. The molecule has 84 valence electrons. The van der Waals surface area contributed by atoms with E-state index in [9.17, 15) is 0 Å². The quantitative estimate of drug-likeness (QED) is 0.762. The van der Waals surface area contributed by atoms with Gasteiger partial charge >= 0.3 is 0 Å². The molecule has 1 heterocycles. The first kappa shape index (κ1) is 12.3. The fourth-order valence-electron chi connectivity index (χ4n) is 1.39. The molecule has 0 amide bonds. The third kappa shape index (κ3) is 4.06. The largest absolute Gasteiger partial charge is 0.396 e. The molecule has 0 bridgehead atoms. The minimum absolute atomic E-state index is 0.177. The summed E-state index contributed by atoms with van der Waals surface area (Å²) in [6, 6.07) is 5.69. The van der Waals surface area contributed by atoms with E-state index in [2.05, 4.69) is 24.1 Å². The summed E-state index contributed by atoms with van der Waals surface area (Å²) in [6.45, 7) is 4.39. The topological polar surface area (TPSA) is 45.1 Å². The van der Waals surface area contributed by atoms with E-state index in [4.69, 9.17) is 16.7 Å². The lowest BCUT2D eigenvalue weighted by Crippen LogP contribution is -2.27. The fraction of sp³-hybridized carbons (Fsp3) is 0.545. The third-order valence-electron chi connectivity index (χ3n) is 2.29. The summed E-state index contributed by atoms with van der Waals surface area (Å²) < 4.78 is 0. The predicted octanol–water partition coefficient (Wildman–Crippen LogP) is 2.55. The van der Waals surface area contributed by atoms with E-state index in [-0.39, 0.29) is 12.6 Å². The highest BCUT2D eigenvalue weighted by Gasteiger charge is 2.12. The number of halogens is 1. The van der Waals surface area contributed by atoms with Crippen molar-refractivity contribution in [1.29, 1.82) is 0 Å². The van der Waals surface area contributed by atoms with Crippen molar-refractivity contribution in [2.24, 2.45) is 5.92 Å². The molecule has 2 N–H and O–H groups in total. The summed E-state index contributed by atoms with van der Waals surface area (Å²) >= 11 is 5.78. The smallest absolute Gasteiger partial charge is 0.131 e. The second kappa shape index (κ2) is 5.93. The third-order valence-corrected chi connectivity index (χ3v) is 2.50. The fourth-order valence-corrected chi connectivity index (χ4v) is 1.55. The number of pyridine rings is 1. The lowest BCUT2D eigenvalue weighted by atomic mass is 10.0. The van der Waals surface area contributed by atoms with Crippen LogP contribution in [-0.2, 0) is 0 Å². The molecule has 1 atom stereocenters. The number of nitrogens with zero attached hydrogens (tertiary/aromatic N) is 1. The second-order valence-corrected chi connectivity index (χ2v) is 4.24. The Hall–Kier alpha value is -0.800. The summed E-state index contributed by atoms with van der Waals surface area (Å²) in [5.74, 6) is 1.20. The maximum Gasteiger partial charge on any atom is 0.131 e. The zero-order valence-corrected chi connectivity index (χ0v) is 9.83. The van der Waals surface area contributed by atoms with Gasteiger partial charge in [-0.15, -0.1) is 0 Å². The number of hydrogen-bond donors (Lipinski definition) is 2. The van der Waals surface area contributed by atoms with Crippen molar-refractivity contribution in [3.63, 3.8) is 0 Å². The van der Waals surface area contributed by atoms with Gasteiger partial charge in [0.1, 0.15) is 11.0 Å². The molecule has 0 spiro atoms. The molecule has 1 aromatic heterocycles. The van der Waals surface area contributed by atoms with E-state index >= 15 is 0 Å². The van der Waals surface area contributed by atoms with Crippen LogP contribution >= 0.6 is 11.6 Å². The molecule has 0 saturated carbocycles. The summed E-state index contributed by atoms with van der Waals surface area (Å²) in [4.78, 5) is 4.15. The first-order valence-corrected chi connectivity index (χ1v) is 5.51. The molecule has 0 aliphatic carbocycles. The Morgan fingerprint density at radius 2 is 2.20 bits per heavy atom. The molecule has 1 rings (SSSR count). The van der Waals surface area contributed by atoms with Crippen molar-refractivity contribution in [3.05, 3.63) is 23.4 Å². The second-order valence-electron chi connectivity index (χ2n) is 3.85. The van der Waals surface area contributed by atoms with E-state index < -0.39 is 0 Å². The highest BCUT2D eigenvalue weighted by atomic mass is 35.5. The first-order chi connectivity index (χ1) is 7.13. The van der Waals surface area contributed by atoms with Gasteiger partial charge in [0.15, 0.2) is 0 Å². The van der Waals surface area contributed by atoms with E-state index in [1.54, 1.807) is 6.07 Å². The van der Waals surface area contributed by atoms with Crippen LogP contribution in [0.4, 0.5) is 5.82 Å². The monoisotopic (exact) mass is 228 g/mol. The lowest BCUT2D eigenvalue weighted by Gasteiger charge is -2.22. The molecule has 1 aromatic rings. The highest BCUT2D eigenvalue weighted by molar-refractivity contribution is 6.29. The predicted molar refractivity (Wildman–Crippen MR) is 63.2 cm³/mol. The maximum atomic E-state index is 8.93. The van der Waals surface area contributed by atoms with Crippen LogP contribution in [0.3, 0.4) is 0 Å². The minimum Gasteiger partial charge on any atom is -0.396 e. The Morgan fingerprint density at radius 3 is 2.73 bits per heavy atom. The molecule has 0 radical (unpaired) electrons. The van der Waals surface area contributed by atoms with Crippen LogP contribution in [0.15, 0.2) is 18.2 Å². The number of hydrogen-bond acceptors (Lipinski definition) is 3. The van der Waals surface area contributed by atoms with Crippen LogP contribution < -0.4 is 5.32 Å². The summed E-state index contributed by atoms with van der Waals surface area (Å²) in [6.07, 6.45) is 0.714. The SMILES string of the molecule is CC(C)C(CCO)Nc1cccc(Cl)n1. The Balaban J connectivity index is 2.65. The molecule has 15 heavy (non-hydrogen) atoms. The summed E-state index contributed by atoms with van der Waals surface area (Å²) in [5, 5.41) is 12.7. The van der Waals surface area contributed by atoms with Crippen LogP contribution in [-0.4, -0.2) is 22.7 Å². The van der Waals surface area contributed by atoms with Crippen molar-refractivity contribution in [3.8, 4) is 0 Å². The average molecular weight is 229 g/mol. The number of aliphatic hydroxyl groups excluding tert-OH is 1. The molecule has 4 heteroatoms. The van der Waals surface area contributed by atoms with Gasteiger partial charge in [0.25, 0.3) is 0 Å². The zero-order valence-electron chi connectivity index (χ0n) is 9.07. The van der Waals surface area contributed by atoms with Gasteiger partial charge in [-0.2, -0.15) is 0 Å². The number of rotatable bonds is 5. The molecule has 0 saturated heterocycles. The van der Waals surface area contributed by atoms with Gasteiger partial charge in [-0.1, -0.05) is 31.5 Å². The maximum absolute atomic E-state index is 8.93. The molecule has 1 unspecified atom stereocenters. The van der Waals surface area contributed by atoms with E-state index in [0.717, 1.165) is 5.82 Å². The summed E-state index contributed by atoms with van der Waals surface area (Å²) in [5.41, 5.74) is 0. The first-order valence-electron chi connectivity index (χ1n) is 5.13. The van der Waals surface area contributed by atoms with Crippen molar-refractivity contribution in [1.82, 2.24) is 4.98 Å². The average Bonchev–Trinajstić information content (AvgIpc) is 2.17. The van der Waals surface area contributed by atoms with Crippen molar-refractivity contribution >= 4 is 17.4 Å². The molecule has 0 aliphatic heterocycles. The normalized spacial score (nSPS) is 12.9. The van der Waals surface area contributed by atoms with Gasteiger partial charge in [-0.05, 0) is 24.5 Å². The molecule has 0 aliphatic rings. The molecule has 0 aromatic carbocycles. The van der Waals surface area contributed by atoms with Gasteiger partial charge in [0.05, 0.1) is 0 Å². The summed E-state index contributed by atoms with van der Waals surface area (Å²) in [7, 11) is 0. The molecular weight excluding hydrogens is 212 g/mol. The van der Waals surface area contributed by atoms with Crippen LogP contribution in [0.25, 0.3) is 0 Å². The van der Waals surface area contributed by atoms with Crippen LogP contribution in [0.2, 0.25) is 5.15 Å². The van der Waals surface area contributed by atoms with Crippen LogP contribution in [0.1, 0.15) is 20.3 Å². The Morgan fingerprint density at radius 1 is 1.47 bits per heavy atom. The Kier molecular flexibility index (Phi) is 4.85. The standard InChI is InChI=1S/C11H17ClN2O/c1-8(2)9(6-7-15)13-11-5-3-4-10(12)14-11/h3-5,8-9,15H,6-7H2,1-2H3,(H,13,14).